The van der Waals surface area contributed by atoms with Crippen LogP contribution in [-0.2, 0) is 38.4 Å². The van der Waals surface area contributed by atoms with Crippen molar-refractivity contribution < 1.29 is 24.0 Å². The predicted octanol–water partition coefficient (Wildman–Crippen LogP) is 2.30. The number of carbonyl (C=O) groups is 5. The van der Waals surface area contributed by atoms with Crippen molar-refractivity contribution in [2.75, 3.05) is 18.4 Å². The average Bonchev–Trinajstić information content (AvgIpc) is 3.13. The van der Waals surface area contributed by atoms with E-state index in [0.717, 1.165) is 12.0 Å². The summed E-state index contributed by atoms with van der Waals surface area (Å²) in [5.74, 6) is 3.59. The lowest BCUT2D eigenvalue weighted by atomic mass is 9.93. The number of anilines is 1. The molecule has 1 aliphatic rings. The van der Waals surface area contributed by atoms with E-state index in [1.54, 1.807) is 45.0 Å². The van der Waals surface area contributed by atoms with Gasteiger partial charge in [-0.05, 0) is 92.1 Å². The van der Waals surface area contributed by atoms with Gasteiger partial charge < -0.3 is 32.7 Å². The van der Waals surface area contributed by atoms with Crippen LogP contribution < -0.4 is 32.7 Å². The minimum Gasteiger partial charge on any atom is -0.368 e. The molecule has 1 aromatic heterocycles. The summed E-state index contributed by atoms with van der Waals surface area (Å²) in [6, 6.07) is 16.7. The molecule has 4 aromatic rings. The molecule has 13 nitrogen and oxygen atoms in total. The van der Waals surface area contributed by atoms with E-state index in [4.69, 9.17) is 11.5 Å². The van der Waals surface area contributed by atoms with Crippen LogP contribution in [0.2, 0.25) is 0 Å². The molecule has 1 aliphatic heterocycles. The van der Waals surface area contributed by atoms with E-state index >= 15 is 0 Å². The molecule has 5 rings (SSSR count). The number of amides is 5. The molecule has 1 unspecified atom stereocenters. The fraction of sp³-hybridized carbons (Fsp3) is 0.293. The normalized spacial score (nSPS) is 14.6. The molecule has 5 amide bonds. The molecule has 278 valence electrons. The zero-order valence-electron chi connectivity index (χ0n) is 30.8. The standard InChI is InChI=1S/C41H44N8O5/c1-5-26-9-11-27(12-10-26)13-14-34-45-24(3)37(25(4)46-34)41(54)48-32(15-16-42)40(53)49-38-23(2)17-29-19-31(38)30-8-6-7-28(18-30)21-35(50)44-22-36(51)47-33(20-29)39(43)52/h6-12,17-19,32-33H,5,15-16,20-22,42H2,1-4H3,(H2,43,52)(H,44,50)(H,47,51)(H,48,54)(H,49,53)/t32-,33?/m0/s1. The lowest BCUT2D eigenvalue weighted by Gasteiger charge is -2.23. The van der Waals surface area contributed by atoms with Gasteiger partial charge in [-0.3, -0.25) is 24.0 Å². The van der Waals surface area contributed by atoms with E-state index in [9.17, 15) is 24.0 Å². The average molecular weight is 729 g/mol. The van der Waals surface area contributed by atoms with Crippen LogP contribution in [0.1, 0.15) is 68.7 Å². The monoisotopic (exact) mass is 728 g/mol. The smallest absolute Gasteiger partial charge is 0.255 e. The van der Waals surface area contributed by atoms with Crippen LogP contribution in [0.3, 0.4) is 0 Å². The summed E-state index contributed by atoms with van der Waals surface area (Å²) in [4.78, 5) is 74.1. The Morgan fingerprint density at radius 2 is 1.67 bits per heavy atom. The van der Waals surface area contributed by atoms with Crippen molar-refractivity contribution >= 4 is 35.2 Å². The first kappa shape index (κ1) is 38.8. The molecule has 0 saturated heterocycles. The lowest BCUT2D eigenvalue weighted by molar-refractivity contribution is -0.128. The topological polar surface area (TPSA) is 211 Å². The van der Waals surface area contributed by atoms with Gasteiger partial charge in [0.2, 0.25) is 29.5 Å². The first-order valence-corrected chi connectivity index (χ1v) is 17.7. The van der Waals surface area contributed by atoms with Gasteiger partial charge >= 0.3 is 0 Å². The van der Waals surface area contributed by atoms with E-state index in [1.807, 2.05) is 36.4 Å². The zero-order chi connectivity index (χ0) is 38.9. The molecule has 0 spiro atoms. The molecular weight excluding hydrogens is 685 g/mol. The van der Waals surface area contributed by atoms with Gasteiger partial charge in [0.05, 0.1) is 35.6 Å². The molecule has 8 N–H and O–H groups in total. The highest BCUT2D eigenvalue weighted by molar-refractivity contribution is 6.04. The van der Waals surface area contributed by atoms with Crippen LogP contribution in [0.5, 0.6) is 0 Å². The number of aromatic nitrogens is 2. The lowest BCUT2D eigenvalue weighted by Crippen LogP contribution is -2.49. The molecular formula is C41H44N8O5. The second kappa shape index (κ2) is 17.4. The Bertz CT molecular complexity index is 2150. The second-order valence-electron chi connectivity index (χ2n) is 13.2. The number of primary amides is 1. The summed E-state index contributed by atoms with van der Waals surface area (Å²) in [5, 5.41) is 11.0. The fourth-order valence-corrected chi connectivity index (χ4v) is 6.28. The molecule has 3 aromatic carbocycles. The maximum atomic E-state index is 14.0. The number of benzene rings is 3. The molecule has 2 atom stereocenters. The predicted molar refractivity (Wildman–Crippen MR) is 205 cm³/mol. The number of nitrogens with zero attached hydrogens (tertiary/aromatic N) is 2. The van der Waals surface area contributed by atoms with Gasteiger partial charge in [-0.2, -0.15) is 0 Å². The van der Waals surface area contributed by atoms with E-state index in [-0.39, 0.29) is 49.6 Å². The van der Waals surface area contributed by atoms with E-state index in [0.29, 0.717) is 44.9 Å². The Morgan fingerprint density at radius 1 is 0.944 bits per heavy atom. The van der Waals surface area contributed by atoms with Gasteiger partial charge in [0.1, 0.15) is 12.1 Å². The molecule has 13 heteroatoms. The third-order valence-electron chi connectivity index (χ3n) is 9.07. The number of hydrogen-bond acceptors (Lipinski definition) is 8. The third kappa shape index (κ3) is 9.72. The number of nitrogens with one attached hydrogen (secondary N) is 4. The summed E-state index contributed by atoms with van der Waals surface area (Å²) in [6.45, 7) is 7.06. The van der Waals surface area contributed by atoms with Crippen molar-refractivity contribution in [3.8, 4) is 23.0 Å². The second-order valence-corrected chi connectivity index (χ2v) is 13.2. The van der Waals surface area contributed by atoms with Gasteiger partial charge in [0.15, 0.2) is 0 Å². The van der Waals surface area contributed by atoms with Crippen molar-refractivity contribution in [2.45, 2.75) is 65.5 Å². The van der Waals surface area contributed by atoms with Crippen molar-refractivity contribution in [1.82, 2.24) is 25.9 Å². The van der Waals surface area contributed by atoms with Crippen LogP contribution in [0.4, 0.5) is 5.69 Å². The molecule has 0 saturated carbocycles. The Kier molecular flexibility index (Phi) is 12.5. The van der Waals surface area contributed by atoms with E-state index in [1.165, 1.54) is 5.56 Å². The minimum absolute atomic E-state index is 0.00568. The van der Waals surface area contributed by atoms with Crippen molar-refractivity contribution in [3.63, 3.8) is 0 Å². The number of aryl methyl sites for hydroxylation is 4. The van der Waals surface area contributed by atoms with Gasteiger partial charge in [0, 0.05) is 17.5 Å². The molecule has 54 heavy (non-hydrogen) atoms. The highest BCUT2D eigenvalue weighted by Crippen LogP contribution is 2.34. The summed E-state index contributed by atoms with van der Waals surface area (Å²) in [6.07, 6.45) is 1.13. The quantitative estimate of drug-likeness (QED) is 0.148. The van der Waals surface area contributed by atoms with Gasteiger partial charge in [-0.25, -0.2) is 9.97 Å². The minimum atomic E-state index is -1.05. The Morgan fingerprint density at radius 3 is 2.33 bits per heavy atom. The number of carbonyl (C=O) groups excluding carboxylic acids is 5. The molecule has 0 fully saturated rings. The Hall–Kier alpha value is -6.39. The highest BCUT2D eigenvalue weighted by Gasteiger charge is 2.27. The third-order valence-corrected chi connectivity index (χ3v) is 9.07. The maximum Gasteiger partial charge on any atom is 0.255 e. The van der Waals surface area contributed by atoms with Crippen LogP contribution in [-0.4, -0.2) is 64.7 Å². The summed E-state index contributed by atoms with van der Waals surface area (Å²) < 4.78 is 0. The fourth-order valence-electron chi connectivity index (χ4n) is 6.28. The maximum absolute atomic E-state index is 14.0. The van der Waals surface area contributed by atoms with Gasteiger partial charge in [0.25, 0.3) is 5.91 Å². The summed E-state index contributed by atoms with van der Waals surface area (Å²) in [7, 11) is 0. The number of hydrogen-bond donors (Lipinski definition) is 6. The highest BCUT2D eigenvalue weighted by atomic mass is 16.2. The van der Waals surface area contributed by atoms with Gasteiger partial charge in [-0.15, -0.1) is 0 Å². The largest absolute Gasteiger partial charge is 0.368 e. The first-order chi connectivity index (χ1) is 25.8. The number of nitrogens with two attached hydrogens (primary N) is 2. The first-order valence-electron chi connectivity index (χ1n) is 17.7. The Balaban J connectivity index is 1.43. The van der Waals surface area contributed by atoms with Crippen LogP contribution >= 0.6 is 0 Å². The van der Waals surface area contributed by atoms with Crippen molar-refractivity contribution in [3.05, 3.63) is 111 Å². The van der Waals surface area contributed by atoms with Crippen molar-refractivity contribution in [1.29, 1.82) is 0 Å². The number of rotatable bonds is 8. The van der Waals surface area contributed by atoms with Crippen molar-refractivity contribution in [2.24, 2.45) is 11.5 Å². The molecule has 0 radical (unpaired) electrons. The summed E-state index contributed by atoms with van der Waals surface area (Å²) >= 11 is 0. The van der Waals surface area contributed by atoms with Crippen LogP contribution in [0, 0.1) is 32.6 Å². The van der Waals surface area contributed by atoms with E-state index in [2.05, 4.69) is 50.0 Å². The SMILES string of the molecule is CCc1ccc(C#Cc2nc(C)c(C(=O)N[C@@H](CCN)C(=O)Nc3c(C)cc4cc3-c3cccc(c3)CC(=O)NCC(=O)NC(C(N)=O)C4)c(C)n2)cc1. The Labute approximate surface area is 314 Å². The van der Waals surface area contributed by atoms with Crippen LogP contribution in [0.15, 0.2) is 60.7 Å². The summed E-state index contributed by atoms with van der Waals surface area (Å²) in [5.41, 5.74) is 18.4. The molecule has 4 bridgehead atoms. The zero-order valence-corrected chi connectivity index (χ0v) is 30.8. The molecule has 2 heterocycles. The van der Waals surface area contributed by atoms with Crippen LogP contribution in [0.25, 0.3) is 11.1 Å². The van der Waals surface area contributed by atoms with Gasteiger partial charge in [-0.1, -0.05) is 55.3 Å². The molecule has 0 aliphatic carbocycles. The number of fused-ring (bicyclic) bond motifs is 5. The van der Waals surface area contributed by atoms with E-state index < -0.39 is 35.7 Å².